The Hall–Kier alpha value is -0.0800. The Morgan fingerprint density at radius 3 is 2.29 bits per heavy atom. The van der Waals surface area contributed by atoms with E-state index in [1.165, 1.54) is 90.4 Å². The van der Waals surface area contributed by atoms with Gasteiger partial charge in [0.25, 0.3) is 0 Å². The van der Waals surface area contributed by atoms with E-state index >= 15 is 0 Å². The van der Waals surface area contributed by atoms with Crippen LogP contribution >= 0.6 is 0 Å². The van der Waals surface area contributed by atoms with Crippen molar-refractivity contribution in [2.75, 3.05) is 26.2 Å². The molecule has 0 bridgehead atoms. The highest BCUT2D eigenvalue weighted by molar-refractivity contribution is 4.84. The molecule has 2 atom stereocenters. The third-order valence-electron chi connectivity index (χ3n) is 6.15. The van der Waals surface area contributed by atoms with E-state index in [1.54, 1.807) is 0 Å². The van der Waals surface area contributed by atoms with Crippen LogP contribution in [0.2, 0.25) is 0 Å². The van der Waals surface area contributed by atoms with Gasteiger partial charge >= 0.3 is 0 Å². The topological polar surface area (TPSA) is 15.3 Å². The summed E-state index contributed by atoms with van der Waals surface area (Å²) < 4.78 is 0. The van der Waals surface area contributed by atoms with Gasteiger partial charge in [0, 0.05) is 25.7 Å². The molecule has 0 spiro atoms. The molecule has 3 aliphatic rings. The Labute approximate surface area is 132 Å². The van der Waals surface area contributed by atoms with Gasteiger partial charge in [0.15, 0.2) is 0 Å². The molecule has 1 aliphatic heterocycles. The molecule has 122 valence electrons. The molecular formula is C19H36N2. The predicted octanol–water partition coefficient (Wildman–Crippen LogP) is 4.06. The summed E-state index contributed by atoms with van der Waals surface area (Å²) in [5, 5.41) is 3.92. The van der Waals surface area contributed by atoms with Crippen LogP contribution in [0.25, 0.3) is 0 Å². The average Bonchev–Trinajstić information content (AvgIpc) is 2.99. The Kier molecular flexibility index (Phi) is 5.99. The van der Waals surface area contributed by atoms with E-state index in [9.17, 15) is 0 Å². The first kappa shape index (κ1) is 15.8. The van der Waals surface area contributed by atoms with Crippen molar-refractivity contribution < 1.29 is 0 Å². The number of likely N-dealkylation sites (tertiary alicyclic amines) is 1. The van der Waals surface area contributed by atoms with E-state index in [-0.39, 0.29) is 0 Å². The summed E-state index contributed by atoms with van der Waals surface area (Å²) in [6.45, 7) is 7.78. The van der Waals surface area contributed by atoms with Gasteiger partial charge in [0.1, 0.15) is 0 Å². The van der Waals surface area contributed by atoms with Crippen LogP contribution in [0.1, 0.15) is 71.1 Å². The maximum Gasteiger partial charge on any atom is 0.0198 e. The minimum absolute atomic E-state index is 0.762. The van der Waals surface area contributed by atoms with Crippen LogP contribution in [0.15, 0.2) is 0 Å². The van der Waals surface area contributed by atoms with Crippen molar-refractivity contribution in [3.05, 3.63) is 0 Å². The number of rotatable bonds is 5. The fraction of sp³-hybridized carbons (Fsp3) is 1.00. The van der Waals surface area contributed by atoms with Crippen molar-refractivity contribution in [2.45, 2.75) is 77.2 Å². The minimum atomic E-state index is 0.762. The highest BCUT2D eigenvalue weighted by atomic mass is 15.2. The van der Waals surface area contributed by atoms with E-state index < -0.39 is 0 Å². The third kappa shape index (κ3) is 4.96. The fourth-order valence-corrected chi connectivity index (χ4v) is 5.04. The molecule has 1 N–H and O–H groups in total. The van der Waals surface area contributed by atoms with E-state index in [4.69, 9.17) is 0 Å². The zero-order valence-corrected chi connectivity index (χ0v) is 14.2. The zero-order chi connectivity index (χ0) is 14.5. The number of hydrogen-bond acceptors (Lipinski definition) is 2. The van der Waals surface area contributed by atoms with Crippen molar-refractivity contribution in [3.63, 3.8) is 0 Å². The summed E-state index contributed by atoms with van der Waals surface area (Å²) in [6.07, 6.45) is 14.7. The van der Waals surface area contributed by atoms with E-state index in [0.29, 0.717) is 0 Å². The zero-order valence-electron chi connectivity index (χ0n) is 14.2. The van der Waals surface area contributed by atoms with Crippen LogP contribution in [0.4, 0.5) is 0 Å². The predicted molar refractivity (Wildman–Crippen MR) is 90.5 cm³/mol. The second kappa shape index (κ2) is 7.97. The highest BCUT2D eigenvalue weighted by Crippen LogP contribution is 2.27. The smallest absolute Gasteiger partial charge is 0.0198 e. The molecule has 0 radical (unpaired) electrons. The molecule has 0 aromatic carbocycles. The summed E-state index contributed by atoms with van der Waals surface area (Å²) in [5.41, 5.74) is 0. The summed E-state index contributed by atoms with van der Waals surface area (Å²) >= 11 is 0. The lowest BCUT2D eigenvalue weighted by Gasteiger charge is -2.39. The molecule has 0 aromatic rings. The lowest BCUT2D eigenvalue weighted by atomic mass is 9.87. The highest BCUT2D eigenvalue weighted by Gasteiger charge is 2.27. The second-order valence-corrected chi connectivity index (χ2v) is 8.32. The molecule has 0 amide bonds. The fourth-order valence-electron chi connectivity index (χ4n) is 5.04. The molecule has 2 nitrogen and oxygen atoms in total. The van der Waals surface area contributed by atoms with E-state index in [1.807, 2.05) is 0 Å². The number of piperidine rings is 1. The molecule has 2 saturated carbocycles. The molecule has 1 heterocycles. The Balaban J connectivity index is 1.42. The van der Waals surface area contributed by atoms with Gasteiger partial charge in [-0.05, 0) is 56.4 Å². The maximum atomic E-state index is 3.92. The number of hydrogen-bond donors (Lipinski definition) is 1. The van der Waals surface area contributed by atoms with Gasteiger partial charge in [-0.15, -0.1) is 0 Å². The first-order valence-corrected chi connectivity index (χ1v) is 9.75. The van der Waals surface area contributed by atoms with Crippen molar-refractivity contribution in [3.8, 4) is 0 Å². The Morgan fingerprint density at radius 1 is 0.857 bits per heavy atom. The summed E-state index contributed by atoms with van der Waals surface area (Å²) in [6, 6.07) is 0.762. The lowest BCUT2D eigenvalue weighted by molar-refractivity contribution is 0.117. The monoisotopic (exact) mass is 292 g/mol. The van der Waals surface area contributed by atoms with Gasteiger partial charge in [-0.3, -0.25) is 0 Å². The van der Waals surface area contributed by atoms with Gasteiger partial charge in [-0.2, -0.15) is 0 Å². The first-order chi connectivity index (χ1) is 10.3. The second-order valence-electron chi connectivity index (χ2n) is 8.32. The maximum absolute atomic E-state index is 3.92. The quantitative estimate of drug-likeness (QED) is 0.822. The average molecular weight is 293 g/mol. The van der Waals surface area contributed by atoms with Crippen molar-refractivity contribution in [1.82, 2.24) is 10.2 Å². The van der Waals surface area contributed by atoms with E-state index in [2.05, 4.69) is 17.1 Å². The Morgan fingerprint density at radius 2 is 1.52 bits per heavy atom. The molecule has 3 rings (SSSR count). The molecule has 2 heteroatoms. The van der Waals surface area contributed by atoms with Gasteiger partial charge in [0.2, 0.25) is 0 Å². The third-order valence-corrected chi connectivity index (χ3v) is 6.15. The standard InChI is InChI=1S/C19H36N2/c1-16-11-19(20-12-17-7-5-6-8-17)15-21(13-16)14-18-9-3-2-4-10-18/h16-20H,2-15H2,1H3. The largest absolute Gasteiger partial charge is 0.312 e. The van der Waals surface area contributed by atoms with Crippen molar-refractivity contribution in [1.29, 1.82) is 0 Å². The van der Waals surface area contributed by atoms with Crippen molar-refractivity contribution >= 4 is 0 Å². The van der Waals surface area contributed by atoms with Gasteiger partial charge < -0.3 is 10.2 Å². The summed E-state index contributed by atoms with van der Waals surface area (Å²) in [7, 11) is 0. The first-order valence-electron chi connectivity index (χ1n) is 9.75. The molecule has 1 saturated heterocycles. The van der Waals surface area contributed by atoms with Crippen LogP contribution in [-0.2, 0) is 0 Å². The summed E-state index contributed by atoms with van der Waals surface area (Å²) in [5.74, 6) is 2.86. The molecule has 2 aliphatic carbocycles. The number of nitrogens with zero attached hydrogens (tertiary/aromatic N) is 1. The molecular weight excluding hydrogens is 256 g/mol. The van der Waals surface area contributed by atoms with Crippen molar-refractivity contribution in [2.24, 2.45) is 17.8 Å². The molecule has 0 aromatic heterocycles. The van der Waals surface area contributed by atoms with Crippen LogP contribution in [0, 0.1) is 17.8 Å². The normalized spacial score (nSPS) is 33.6. The Bertz CT molecular complexity index is 292. The lowest BCUT2D eigenvalue weighted by Crippen LogP contribution is -2.50. The van der Waals surface area contributed by atoms with Crippen LogP contribution in [-0.4, -0.2) is 37.1 Å². The molecule has 3 fully saturated rings. The SMILES string of the molecule is CC1CC(NCC2CCCC2)CN(CC2CCCCC2)C1. The summed E-state index contributed by atoms with van der Waals surface area (Å²) in [4.78, 5) is 2.79. The minimum Gasteiger partial charge on any atom is -0.312 e. The van der Waals surface area contributed by atoms with Crippen LogP contribution in [0.5, 0.6) is 0 Å². The van der Waals surface area contributed by atoms with Gasteiger partial charge in [-0.25, -0.2) is 0 Å². The van der Waals surface area contributed by atoms with Crippen LogP contribution in [0.3, 0.4) is 0 Å². The van der Waals surface area contributed by atoms with Gasteiger partial charge in [-0.1, -0.05) is 39.0 Å². The van der Waals surface area contributed by atoms with E-state index in [0.717, 1.165) is 23.8 Å². The van der Waals surface area contributed by atoms with Gasteiger partial charge in [0.05, 0.1) is 0 Å². The van der Waals surface area contributed by atoms with Crippen LogP contribution < -0.4 is 5.32 Å². The molecule has 21 heavy (non-hydrogen) atoms. The number of nitrogens with one attached hydrogen (secondary N) is 1. The molecule has 2 unspecified atom stereocenters.